The van der Waals surface area contributed by atoms with Gasteiger partial charge < -0.3 is 14.8 Å². The molecule has 2 aliphatic heterocycles. The van der Waals surface area contributed by atoms with Crippen LogP contribution in [0.1, 0.15) is 36.1 Å². The van der Waals surface area contributed by atoms with Gasteiger partial charge in [0.1, 0.15) is 5.75 Å². The van der Waals surface area contributed by atoms with Crippen LogP contribution in [0, 0.1) is 13.8 Å². The predicted molar refractivity (Wildman–Crippen MR) is 73.4 cm³/mol. The van der Waals surface area contributed by atoms with E-state index in [2.05, 4.69) is 17.2 Å². The molecule has 0 amide bonds. The summed E-state index contributed by atoms with van der Waals surface area (Å²) in [6.45, 7) is 4.90. The lowest BCUT2D eigenvalue weighted by Gasteiger charge is -2.21. The Morgan fingerprint density at radius 1 is 1.42 bits per heavy atom. The summed E-state index contributed by atoms with van der Waals surface area (Å²) < 4.78 is 11.3. The van der Waals surface area contributed by atoms with E-state index in [4.69, 9.17) is 9.47 Å². The minimum Gasteiger partial charge on any atom is -0.496 e. The van der Waals surface area contributed by atoms with E-state index in [1.165, 1.54) is 12.8 Å². The molecule has 0 saturated carbocycles. The molecule has 2 fully saturated rings. The van der Waals surface area contributed by atoms with Crippen LogP contribution in [0.25, 0.3) is 0 Å². The SMILES string of the molecule is COc1c(C)cnc(CNC2CC3CCC2O3)c1C. The van der Waals surface area contributed by atoms with Gasteiger partial charge in [-0.05, 0) is 33.1 Å². The molecule has 0 aliphatic carbocycles. The van der Waals surface area contributed by atoms with Crippen LogP contribution < -0.4 is 10.1 Å². The van der Waals surface area contributed by atoms with Gasteiger partial charge in [-0.3, -0.25) is 4.98 Å². The molecule has 1 N–H and O–H groups in total. The highest BCUT2D eigenvalue weighted by Gasteiger charge is 2.40. The summed E-state index contributed by atoms with van der Waals surface area (Å²) >= 11 is 0. The van der Waals surface area contributed by atoms with Crippen molar-refractivity contribution >= 4 is 0 Å². The van der Waals surface area contributed by atoms with Gasteiger partial charge >= 0.3 is 0 Å². The first-order valence-electron chi connectivity index (χ1n) is 7.07. The van der Waals surface area contributed by atoms with E-state index in [9.17, 15) is 0 Å². The van der Waals surface area contributed by atoms with E-state index in [1.54, 1.807) is 7.11 Å². The summed E-state index contributed by atoms with van der Waals surface area (Å²) in [5, 5.41) is 3.60. The molecule has 1 aromatic heterocycles. The number of nitrogens with zero attached hydrogens (tertiary/aromatic N) is 1. The largest absolute Gasteiger partial charge is 0.496 e. The number of aryl methyl sites for hydroxylation is 1. The molecule has 0 aromatic carbocycles. The number of aromatic nitrogens is 1. The molecule has 2 aliphatic rings. The first kappa shape index (κ1) is 12.9. The van der Waals surface area contributed by atoms with E-state index < -0.39 is 0 Å². The number of ether oxygens (including phenoxy) is 2. The highest BCUT2D eigenvalue weighted by Crippen LogP contribution is 2.34. The Morgan fingerprint density at radius 3 is 2.89 bits per heavy atom. The third kappa shape index (κ3) is 2.35. The fourth-order valence-electron chi connectivity index (χ4n) is 3.33. The maximum absolute atomic E-state index is 5.86. The molecule has 2 bridgehead atoms. The summed E-state index contributed by atoms with van der Waals surface area (Å²) in [6.07, 6.45) is 6.37. The predicted octanol–water partition coefficient (Wildman–Crippen LogP) is 2.12. The first-order chi connectivity index (χ1) is 9.19. The van der Waals surface area contributed by atoms with Crippen LogP contribution >= 0.6 is 0 Å². The van der Waals surface area contributed by atoms with E-state index in [-0.39, 0.29) is 0 Å². The van der Waals surface area contributed by atoms with Crippen molar-refractivity contribution in [2.24, 2.45) is 0 Å². The van der Waals surface area contributed by atoms with Crippen molar-refractivity contribution in [3.05, 3.63) is 23.0 Å². The van der Waals surface area contributed by atoms with Crippen LogP contribution in [-0.2, 0) is 11.3 Å². The molecule has 3 unspecified atom stereocenters. The first-order valence-corrected chi connectivity index (χ1v) is 7.07. The Morgan fingerprint density at radius 2 is 2.26 bits per heavy atom. The monoisotopic (exact) mass is 262 g/mol. The van der Waals surface area contributed by atoms with Crippen molar-refractivity contribution < 1.29 is 9.47 Å². The number of fused-ring (bicyclic) bond motifs is 2. The highest BCUT2D eigenvalue weighted by molar-refractivity contribution is 5.41. The zero-order valence-electron chi connectivity index (χ0n) is 11.9. The Hall–Kier alpha value is -1.13. The lowest BCUT2D eigenvalue weighted by atomic mass is 9.95. The van der Waals surface area contributed by atoms with Gasteiger partial charge in [-0.1, -0.05) is 0 Å². The fourth-order valence-corrected chi connectivity index (χ4v) is 3.33. The lowest BCUT2D eigenvalue weighted by Crippen LogP contribution is -2.37. The van der Waals surface area contributed by atoms with Crippen molar-refractivity contribution in [1.29, 1.82) is 0 Å². The van der Waals surface area contributed by atoms with Crippen LogP contribution in [0.4, 0.5) is 0 Å². The summed E-state index contributed by atoms with van der Waals surface area (Å²) in [5.74, 6) is 0.955. The summed E-state index contributed by atoms with van der Waals surface area (Å²) in [5.41, 5.74) is 3.30. The molecule has 1 aromatic rings. The molecule has 0 radical (unpaired) electrons. The Bertz CT molecular complexity index is 475. The maximum Gasteiger partial charge on any atom is 0.128 e. The van der Waals surface area contributed by atoms with Crippen molar-refractivity contribution in [2.45, 2.75) is 57.9 Å². The van der Waals surface area contributed by atoms with Gasteiger partial charge in [0.15, 0.2) is 0 Å². The third-order valence-electron chi connectivity index (χ3n) is 4.39. The molecular formula is C15H22N2O2. The molecule has 3 rings (SSSR count). The summed E-state index contributed by atoms with van der Waals surface area (Å²) in [6, 6.07) is 0.493. The van der Waals surface area contributed by atoms with E-state index in [0.29, 0.717) is 18.2 Å². The smallest absolute Gasteiger partial charge is 0.128 e. The molecule has 19 heavy (non-hydrogen) atoms. The molecule has 3 atom stereocenters. The van der Waals surface area contributed by atoms with Crippen LogP contribution in [-0.4, -0.2) is 30.3 Å². The van der Waals surface area contributed by atoms with Gasteiger partial charge in [-0.15, -0.1) is 0 Å². The van der Waals surface area contributed by atoms with Gasteiger partial charge in [-0.2, -0.15) is 0 Å². The highest BCUT2D eigenvalue weighted by atomic mass is 16.5. The number of hydrogen-bond donors (Lipinski definition) is 1. The number of rotatable bonds is 4. The van der Waals surface area contributed by atoms with Crippen molar-refractivity contribution in [3.8, 4) is 5.75 Å². The quantitative estimate of drug-likeness (QED) is 0.902. The zero-order chi connectivity index (χ0) is 13.4. The molecule has 0 spiro atoms. The van der Waals surface area contributed by atoms with Gasteiger partial charge in [0.05, 0.1) is 25.0 Å². The van der Waals surface area contributed by atoms with Crippen LogP contribution in [0.2, 0.25) is 0 Å². The van der Waals surface area contributed by atoms with Crippen LogP contribution in [0.15, 0.2) is 6.20 Å². The van der Waals surface area contributed by atoms with E-state index in [1.807, 2.05) is 13.1 Å². The van der Waals surface area contributed by atoms with Crippen molar-refractivity contribution in [3.63, 3.8) is 0 Å². The Balaban J connectivity index is 1.67. The van der Waals surface area contributed by atoms with Crippen molar-refractivity contribution in [2.75, 3.05) is 7.11 Å². The molecule has 104 valence electrons. The van der Waals surface area contributed by atoms with Crippen molar-refractivity contribution in [1.82, 2.24) is 10.3 Å². The minimum atomic E-state index is 0.414. The number of pyridine rings is 1. The molecule has 4 heteroatoms. The zero-order valence-corrected chi connectivity index (χ0v) is 11.9. The van der Waals surface area contributed by atoms with Gasteiger partial charge in [0, 0.05) is 29.9 Å². The second-order valence-corrected chi connectivity index (χ2v) is 5.64. The second-order valence-electron chi connectivity index (χ2n) is 5.64. The minimum absolute atomic E-state index is 0.414. The number of nitrogens with one attached hydrogen (secondary N) is 1. The Kier molecular flexibility index (Phi) is 3.46. The Labute approximate surface area is 114 Å². The third-order valence-corrected chi connectivity index (χ3v) is 4.39. The molecule has 3 heterocycles. The van der Waals surface area contributed by atoms with Gasteiger partial charge in [0.25, 0.3) is 0 Å². The summed E-state index contributed by atoms with van der Waals surface area (Å²) in [7, 11) is 1.72. The average Bonchev–Trinajstić information content (AvgIpc) is 3.00. The topological polar surface area (TPSA) is 43.4 Å². The second kappa shape index (κ2) is 5.10. The normalized spacial score (nSPS) is 28.9. The van der Waals surface area contributed by atoms with Gasteiger partial charge in [-0.25, -0.2) is 0 Å². The number of methoxy groups -OCH3 is 1. The summed E-state index contributed by atoms with van der Waals surface area (Å²) in [4.78, 5) is 4.53. The van der Waals surface area contributed by atoms with E-state index >= 15 is 0 Å². The maximum atomic E-state index is 5.86. The molecule has 2 saturated heterocycles. The van der Waals surface area contributed by atoms with Crippen LogP contribution in [0.3, 0.4) is 0 Å². The fraction of sp³-hybridized carbons (Fsp3) is 0.667. The lowest BCUT2D eigenvalue weighted by molar-refractivity contribution is 0.0972. The average molecular weight is 262 g/mol. The standard InChI is InChI=1S/C15H22N2O2/c1-9-7-16-13(10(2)15(9)18-3)8-17-12-6-11-4-5-14(12)19-11/h7,11-12,14,17H,4-6,8H2,1-3H3. The molecular weight excluding hydrogens is 240 g/mol. The van der Waals surface area contributed by atoms with Gasteiger partial charge in [0.2, 0.25) is 0 Å². The number of hydrogen-bond acceptors (Lipinski definition) is 4. The van der Waals surface area contributed by atoms with E-state index in [0.717, 1.165) is 35.5 Å². The van der Waals surface area contributed by atoms with Crippen LogP contribution in [0.5, 0.6) is 5.75 Å². The molecule has 4 nitrogen and oxygen atoms in total.